The maximum absolute atomic E-state index is 4.09. The average Bonchev–Trinajstić information content (AvgIpc) is 2.10. The van der Waals surface area contributed by atoms with Gasteiger partial charge in [-0.25, -0.2) is 0 Å². The van der Waals surface area contributed by atoms with Crippen LogP contribution in [0.3, 0.4) is 0 Å². The molecule has 1 aliphatic carbocycles. The van der Waals surface area contributed by atoms with Crippen molar-refractivity contribution in [3.8, 4) is 0 Å². The van der Waals surface area contributed by atoms with Crippen molar-refractivity contribution in [2.24, 2.45) is 5.41 Å². The summed E-state index contributed by atoms with van der Waals surface area (Å²) in [4.78, 5) is 0. The Balaban J connectivity index is 2.75. The Labute approximate surface area is 88.4 Å². The minimum atomic E-state index is 0.304. The highest BCUT2D eigenvalue weighted by atomic mass is 14.2. The molecule has 0 bridgehead atoms. The van der Waals surface area contributed by atoms with E-state index in [4.69, 9.17) is 0 Å². The van der Waals surface area contributed by atoms with E-state index in [1.807, 2.05) is 0 Å². The molecular formula is C14H22. The summed E-state index contributed by atoms with van der Waals surface area (Å²) in [5, 5.41) is 0. The van der Waals surface area contributed by atoms with Gasteiger partial charge in [0.15, 0.2) is 0 Å². The Hall–Kier alpha value is -0.780. The first-order chi connectivity index (χ1) is 6.49. The van der Waals surface area contributed by atoms with Crippen molar-refractivity contribution in [2.75, 3.05) is 0 Å². The van der Waals surface area contributed by atoms with Crippen LogP contribution in [-0.4, -0.2) is 0 Å². The Morgan fingerprint density at radius 1 is 1.29 bits per heavy atom. The van der Waals surface area contributed by atoms with Crippen LogP contribution in [-0.2, 0) is 0 Å². The van der Waals surface area contributed by atoms with Gasteiger partial charge in [0.25, 0.3) is 0 Å². The highest BCUT2D eigenvalue weighted by Crippen LogP contribution is 2.26. The van der Waals surface area contributed by atoms with Gasteiger partial charge >= 0.3 is 0 Å². The molecule has 0 aromatic heterocycles. The van der Waals surface area contributed by atoms with E-state index in [9.17, 15) is 0 Å². The van der Waals surface area contributed by atoms with Gasteiger partial charge in [-0.1, -0.05) is 49.8 Å². The molecule has 78 valence electrons. The van der Waals surface area contributed by atoms with Crippen molar-refractivity contribution >= 4 is 0 Å². The van der Waals surface area contributed by atoms with E-state index in [-0.39, 0.29) is 0 Å². The number of hydrogen-bond acceptors (Lipinski definition) is 0. The lowest BCUT2D eigenvalue weighted by atomic mass is 9.86. The summed E-state index contributed by atoms with van der Waals surface area (Å²) in [6.45, 7) is 10.9. The van der Waals surface area contributed by atoms with Crippen LogP contribution < -0.4 is 0 Å². The molecule has 0 aromatic carbocycles. The van der Waals surface area contributed by atoms with Gasteiger partial charge < -0.3 is 0 Å². The summed E-state index contributed by atoms with van der Waals surface area (Å²) < 4.78 is 0. The van der Waals surface area contributed by atoms with E-state index >= 15 is 0 Å². The third-order valence-corrected chi connectivity index (χ3v) is 2.83. The van der Waals surface area contributed by atoms with Crippen molar-refractivity contribution < 1.29 is 0 Å². The number of rotatable bonds is 0. The highest BCUT2D eigenvalue weighted by molar-refractivity contribution is 5.12. The molecule has 0 aromatic rings. The van der Waals surface area contributed by atoms with Gasteiger partial charge in [-0.3, -0.25) is 0 Å². The summed E-state index contributed by atoms with van der Waals surface area (Å²) >= 11 is 0. The minimum Gasteiger partial charge on any atom is -0.0995 e. The van der Waals surface area contributed by atoms with Crippen LogP contribution in [0.15, 0.2) is 36.0 Å². The molecule has 0 heteroatoms. The predicted molar refractivity (Wildman–Crippen MR) is 64.3 cm³/mol. The molecule has 0 N–H and O–H groups in total. The van der Waals surface area contributed by atoms with Crippen LogP contribution in [0, 0.1) is 5.41 Å². The first-order valence-electron chi connectivity index (χ1n) is 5.49. The van der Waals surface area contributed by atoms with E-state index in [2.05, 4.69) is 45.6 Å². The number of allylic oxidation sites excluding steroid dienone is 5. The zero-order valence-corrected chi connectivity index (χ0v) is 9.77. The van der Waals surface area contributed by atoms with Gasteiger partial charge in [0.1, 0.15) is 0 Å². The van der Waals surface area contributed by atoms with Crippen molar-refractivity contribution in [3.05, 3.63) is 36.0 Å². The fourth-order valence-electron chi connectivity index (χ4n) is 1.63. The van der Waals surface area contributed by atoms with Crippen LogP contribution in [0.4, 0.5) is 0 Å². The first kappa shape index (κ1) is 11.3. The summed E-state index contributed by atoms with van der Waals surface area (Å²) in [7, 11) is 0. The zero-order valence-electron chi connectivity index (χ0n) is 9.77. The van der Waals surface area contributed by atoms with Gasteiger partial charge in [-0.15, -0.1) is 0 Å². The van der Waals surface area contributed by atoms with Crippen molar-refractivity contribution in [2.45, 2.75) is 46.5 Å². The fourth-order valence-corrected chi connectivity index (χ4v) is 1.63. The molecule has 0 heterocycles. The minimum absolute atomic E-state index is 0.304. The molecule has 14 heavy (non-hydrogen) atoms. The van der Waals surface area contributed by atoms with E-state index in [1.54, 1.807) is 0 Å². The SMILES string of the molecule is C=C1C/C=C/C(C)(C)C/C=C(\C)CC1. The van der Waals surface area contributed by atoms with E-state index in [1.165, 1.54) is 17.6 Å². The van der Waals surface area contributed by atoms with Crippen molar-refractivity contribution in [3.63, 3.8) is 0 Å². The second-order valence-electron chi connectivity index (χ2n) is 5.10. The average molecular weight is 190 g/mol. The maximum Gasteiger partial charge on any atom is -0.0140 e. The Morgan fingerprint density at radius 3 is 2.71 bits per heavy atom. The van der Waals surface area contributed by atoms with Crippen LogP contribution in [0.1, 0.15) is 46.5 Å². The summed E-state index contributed by atoms with van der Waals surface area (Å²) in [6, 6.07) is 0. The third-order valence-electron chi connectivity index (χ3n) is 2.83. The van der Waals surface area contributed by atoms with Gasteiger partial charge in [0.2, 0.25) is 0 Å². The molecule has 0 atom stereocenters. The van der Waals surface area contributed by atoms with Crippen LogP contribution in [0.2, 0.25) is 0 Å². The zero-order chi connectivity index (χ0) is 10.6. The Morgan fingerprint density at radius 2 is 2.00 bits per heavy atom. The molecule has 0 saturated carbocycles. The normalized spacial score (nSPS) is 29.1. The maximum atomic E-state index is 4.09. The van der Waals surface area contributed by atoms with E-state index in [0.717, 1.165) is 19.3 Å². The van der Waals surface area contributed by atoms with Gasteiger partial charge in [0, 0.05) is 0 Å². The smallest absolute Gasteiger partial charge is 0.0140 e. The lowest BCUT2D eigenvalue weighted by Crippen LogP contribution is -2.06. The molecule has 0 saturated heterocycles. The quantitative estimate of drug-likeness (QED) is 0.488. The molecule has 0 amide bonds. The fraction of sp³-hybridized carbons (Fsp3) is 0.571. The molecule has 0 fully saturated rings. The summed E-state index contributed by atoms with van der Waals surface area (Å²) in [5.41, 5.74) is 3.17. The highest BCUT2D eigenvalue weighted by Gasteiger charge is 2.12. The molecule has 1 rings (SSSR count). The second-order valence-corrected chi connectivity index (χ2v) is 5.10. The number of hydrogen-bond donors (Lipinski definition) is 0. The second kappa shape index (κ2) is 4.63. The van der Waals surface area contributed by atoms with E-state index in [0.29, 0.717) is 5.41 Å². The van der Waals surface area contributed by atoms with Crippen LogP contribution in [0.25, 0.3) is 0 Å². The van der Waals surface area contributed by atoms with Crippen LogP contribution in [0.5, 0.6) is 0 Å². The largest absolute Gasteiger partial charge is 0.0995 e. The van der Waals surface area contributed by atoms with Gasteiger partial charge in [-0.05, 0) is 38.0 Å². The monoisotopic (exact) mass is 190 g/mol. The van der Waals surface area contributed by atoms with Gasteiger partial charge in [0.05, 0.1) is 0 Å². The van der Waals surface area contributed by atoms with E-state index < -0.39 is 0 Å². The first-order valence-corrected chi connectivity index (χ1v) is 5.49. The molecule has 0 unspecified atom stereocenters. The van der Waals surface area contributed by atoms with Crippen LogP contribution >= 0.6 is 0 Å². The molecule has 0 aliphatic heterocycles. The van der Waals surface area contributed by atoms with Crippen molar-refractivity contribution in [1.29, 1.82) is 0 Å². The molecular weight excluding hydrogens is 168 g/mol. The standard InChI is InChI=1S/C14H22/c1-12-6-5-10-14(3,4)11-9-13(2)8-7-12/h5,9-10H,1,6-8,11H2,2-4H3/b10-5+,13-9+. The third kappa shape index (κ3) is 3.95. The predicted octanol–water partition coefficient (Wildman–Crippen LogP) is 4.65. The molecule has 0 radical (unpaired) electrons. The molecule has 0 nitrogen and oxygen atoms in total. The van der Waals surface area contributed by atoms with Gasteiger partial charge in [-0.2, -0.15) is 0 Å². The summed E-state index contributed by atoms with van der Waals surface area (Å²) in [5.74, 6) is 0. The lowest BCUT2D eigenvalue weighted by molar-refractivity contribution is 0.484. The Kier molecular flexibility index (Phi) is 3.74. The topological polar surface area (TPSA) is 0 Å². The molecule has 0 spiro atoms. The van der Waals surface area contributed by atoms with Crippen molar-refractivity contribution in [1.82, 2.24) is 0 Å². The lowest BCUT2D eigenvalue weighted by Gasteiger charge is -2.19. The Bertz CT molecular complexity index is 264. The summed E-state index contributed by atoms with van der Waals surface area (Å²) in [6.07, 6.45) is 11.5. The molecule has 1 aliphatic rings.